The monoisotopic (exact) mass is 285 g/mol. The van der Waals surface area contributed by atoms with E-state index in [4.69, 9.17) is 4.74 Å². The number of nitrogens with one attached hydrogen (secondary N) is 2. The average Bonchev–Trinajstić information content (AvgIpc) is 2.45. The van der Waals surface area contributed by atoms with E-state index in [-0.39, 0.29) is 24.5 Å². The number of rotatable bonds is 7. The third-order valence-electron chi connectivity index (χ3n) is 3.70. The molecule has 0 aliphatic carbocycles. The van der Waals surface area contributed by atoms with E-state index in [1.54, 1.807) is 4.90 Å². The fourth-order valence-electron chi connectivity index (χ4n) is 2.18. The lowest BCUT2D eigenvalue weighted by Gasteiger charge is -2.32. The average molecular weight is 285 g/mol. The molecule has 6 nitrogen and oxygen atoms in total. The maximum Gasteiger partial charge on any atom is 0.248 e. The zero-order valence-electron chi connectivity index (χ0n) is 12.8. The van der Waals surface area contributed by atoms with Gasteiger partial charge in [0.15, 0.2) is 0 Å². The van der Waals surface area contributed by atoms with Crippen LogP contribution in [0.4, 0.5) is 0 Å². The van der Waals surface area contributed by atoms with E-state index in [1.165, 1.54) is 7.11 Å². The van der Waals surface area contributed by atoms with Crippen molar-refractivity contribution in [2.75, 3.05) is 33.4 Å². The molecule has 0 radical (unpaired) electrons. The lowest BCUT2D eigenvalue weighted by atomic mass is 10.0. The fourth-order valence-corrected chi connectivity index (χ4v) is 2.18. The van der Waals surface area contributed by atoms with Crippen molar-refractivity contribution >= 4 is 11.8 Å². The number of ether oxygens (including phenoxy) is 1. The van der Waals surface area contributed by atoms with Gasteiger partial charge in [0.2, 0.25) is 11.8 Å². The Bertz CT molecular complexity index is 315. The maximum atomic E-state index is 11.8. The highest BCUT2D eigenvalue weighted by Gasteiger charge is 2.23. The Labute approximate surface area is 121 Å². The van der Waals surface area contributed by atoms with E-state index < -0.39 is 0 Å². The Hall–Kier alpha value is -1.14. The Morgan fingerprint density at radius 1 is 1.35 bits per heavy atom. The number of hydrogen-bond acceptors (Lipinski definition) is 4. The van der Waals surface area contributed by atoms with Gasteiger partial charge in [-0.15, -0.1) is 0 Å². The number of nitrogens with zero attached hydrogens (tertiary/aromatic N) is 1. The van der Waals surface area contributed by atoms with Crippen LogP contribution in [0.3, 0.4) is 0 Å². The molecule has 0 aromatic rings. The topological polar surface area (TPSA) is 70.7 Å². The molecule has 0 aromatic carbocycles. The summed E-state index contributed by atoms with van der Waals surface area (Å²) in [7, 11) is 1.52. The van der Waals surface area contributed by atoms with Gasteiger partial charge >= 0.3 is 0 Å². The van der Waals surface area contributed by atoms with Crippen LogP contribution in [-0.4, -0.2) is 62.1 Å². The van der Waals surface area contributed by atoms with Crippen LogP contribution in [0.25, 0.3) is 0 Å². The van der Waals surface area contributed by atoms with Crippen molar-refractivity contribution in [1.29, 1.82) is 0 Å². The summed E-state index contributed by atoms with van der Waals surface area (Å²) in [5.41, 5.74) is 0. The Morgan fingerprint density at radius 3 is 2.55 bits per heavy atom. The lowest BCUT2D eigenvalue weighted by Crippen LogP contribution is -2.49. The Morgan fingerprint density at radius 2 is 2.00 bits per heavy atom. The van der Waals surface area contributed by atoms with Gasteiger partial charge in [0.05, 0.1) is 6.54 Å². The van der Waals surface area contributed by atoms with Crippen LogP contribution in [0.5, 0.6) is 0 Å². The van der Waals surface area contributed by atoms with Crippen molar-refractivity contribution in [3.8, 4) is 0 Å². The zero-order chi connectivity index (χ0) is 15.0. The zero-order valence-corrected chi connectivity index (χ0v) is 12.8. The highest BCUT2D eigenvalue weighted by atomic mass is 16.5. The van der Waals surface area contributed by atoms with Crippen molar-refractivity contribution < 1.29 is 14.3 Å². The molecule has 116 valence electrons. The van der Waals surface area contributed by atoms with Crippen LogP contribution >= 0.6 is 0 Å². The largest absolute Gasteiger partial charge is 0.375 e. The quantitative estimate of drug-likeness (QED) is 0.697. The molecule has 0 bridgehead atoms. The highest BCUT2D eigenvalue weighted by Crippen LogP contribution is 2.10. The summed E-state index contributed by atoms with van der Waals surface area (Å²) in [6.07, 6.45) is 2.63. The first-order chi connectivity index (χ1) is 9.56. The van der Waals surface area contributed by atoms with Crippen LogP contribution in [0, 0.1) is 0 Å². The van der Waals surface area contributed by atoms with Crippen molar-refractivity contribution in [2.24, 2.45) is 0 Å². The van der Waals surface area contributed by atoms with Crippen molar-refractivity contribution in [1.82, 2.24) is 15.5 Å². The van der Waals surface area contributed by atoms with E-state index in [0.29, 0.717) is 25.7 Å². The maximum absolute atomic E-state index is 11.8. The molecule has 1 fully saturated rings. The number of piperidine rings is 1. The van der Waals surface area contributed by atoms with Gasteiger partial charge in [-0.3, -0.25) is 9.59 Å². The molecular weight excluding hydrogens is 258 g/mol. The third kappa shape index (κ3) is 5.88. The summed E-state index contributed by atoms with van der Waals surface area (Å²) in [6.45, 7) is 6.01. The van der Waals surface area contributed by atoms with E-state index in [2.05, 4.69) is 24.5 Å². The van der Waals surface area contributed by atoms with Gasteiger partial charge in [-0.05, 0) is 26.2 Å². The molecule has 0 spiro atoms. The van der Waals surface area contributed by atoms with Crippen molar-refractivity contribution in [3.05, 3.63) is 0 Å². The summed E-state index contributed by atoms with van der Waals surface area (Å²) < 4.78 is 4.84. The number of likely N-dealkylation sites (tertiary alicyclic amines) is 1. The second-order valence-corrected chi connectivity index (χ2v) is 5.35. The summed E-state index contributed by atoms with van der Waals surface area (Å²) in [6, 6.07) is 0.530. The molecule has 1 rings (SSSR count). The van der Waals surface area contributed by atoms with Gasteiger partial charge in [-0.25, -0.2) is 0 Å². The molecule has 2 N–H and O–H groups in total. The van der Waals surface area contributed by atoms with Crippen molar-refractivity contribution in [2.45, 2.75) is 45.2 Å². The van der Waals surface area contributed by atoms with Gasteiger partial charge in [0.25, 0.3) is 0 Å². The third-order valence-corrected chi connectivity index (χ3v) is 3.70. The minimum Gasteiger partial charge on any atom is -0.375 e. The van der Waals surface area contributed by atoms with E-state index in [1.807, 2.05) is 0 Å². The molecule has 1 aliphatic heterocycles. The molecule has 6 heteroatoms. The standard InChI is InChI=1S/C14H27N3O3/c1-4-11(2)15-9-13(18)16-12-5-7-17(8-6-12)14(19)10-20-3/h11-12,15H,4-10H2,1-3H3,(H,16,18). The smallest absolute Gasteiger partial charge is 0.248 e. The number of amides is 2. The van der Waals surface area contributed by atoms with E-state index in [0.717, 1.165) is 19.3 Å². The molecule has 1 heterocycles. The number of carbonyl (C=O) groups is 2. The predicted octanol–water partition coefficient (Wildman–Crippen LogP) is 0.128. The number of hydrogen-bond donors (Lipinski definition) is 2. The summed E-state index contributed by atoms with van der Waals surface area (Å²) in [4.78, 5) is 25.2. The first-order valence-electron chi connectivity index (χ1n) is 7.36. The van der Waals surface area contributed by atoms with Crippen LogP contribution in [-0.2, 0) is 14.3 Å². The SMILES string of the molecule is CCC(C)NCC(=O)NC1CCN(C(=O)COC)CC1. The normalized spacial score (nSPS) is 17.9. The Balaban J connectivity index is 2.21. The molecule has 1 saturated heterocycles. The molecule has 1 atom stereocenters. The van der Waals surface area contributed by atoms with E-state index >= 15 is 0 Å². The lowest BCUT2D eigenvalue weighted by molar-refractivity contribution is -0.136. The Kier molecular flexibility index (Phi) is 7.54. The highest BCUT2D eigenvalue weighted by molar-refractivity contribution is 5.79. The van der Waals surface area contributed by atoms with Crippen LogP contribution in [0.1, 0.15) is 33.1 Å². The van der Waals surface area contributed by atoms with Crippen LogP contribution in [0.15, 0.2) is 0 Å². The molecule has 1 unspecified atom stereocenters. The minimum atomic E-state index is 0.0238. The van der Waals surface area contributed by atoms with Gasteiger partial charge in [-0.2, -0.15) is 0 Å². The molecule has 2 amide bonds. The van der Waals surface area contributed by atoms with Crippen LogP contribution < -0.4 is 10.6 Å². The van der Waals surface area contributed by atoms with Crippen molar-refractivity contribution in [3.63, 3.8) is 0 Å². The summed E-state index contributed by atoms with van der Waals surface area (Å²) >= 11 is 0. The molecule has 1 aliphatic rings. The van der Waals surface area contributed by atoms with Gasteiger partial charge < -0.3 is 20.3 Å². The number of carbonyl (C=O) groups excluding carboxylic acids is 2. The molecular formula is C14H27N3O3. The van der Waals surface area contributed by atoms with E-state index in [9.17, 15) is 9.59 Å². The second kappa shape index (κ2) is 8.92. The number of methoxy groups -OCH3 is 1. The molecule has 0 saturated carbocycles. The molecule has 0 aromatic heterocycles. The minimum absolute atomic E-state index is 0.0238. The first-order valence-corrected chi connectivity index (χ1v) is 7.36. The molecule has 20 heavy (non-hydrogen) atoms. The van der Waals surface area contributed by atoms with Gasteiger partial charge in [0, 0.05) is 32.3 Å². The fraction of sp³-hybridized carbons (Fsp3) is 0.857. The predicted molar refractivity (Wildman–Crippen MR) is 77.4 cm³/mol. The first kappa shape index (κ1) is 16.9. The van der Waals surface area contributed by atoms with Gasteiger partial charge in [0.1, 0.15) is 6.61 Å². The summed E-state index contributed by atoms with van der Waals surface area (Å²) in [5, 5.41) is 6.19. The van der Waals surface area contributed by atoms with Gasteiger partial charge in [-0.1, -0.05) is 6.92 Å². The second-order valence-electron chi connectivity index (χ2n) is 5.35. The summed E-state index contributed by atoms with van der Waals surface area (Å²) in [5.74, 6) is 0.0580. The van der Waals surface area contributed by atoms with Crippen LogP contribution in [0.2, 0.25) is 0 Å².